The van der Waals surface area contributed by atoms with Crippen LogP contribution in [0.25, 0.3) is 0 Å². The summed E-state index contributed by atoms with van der Waals surface area (Å²) in [5.41, 5.74) is 1.35. The number of Topliss-reactive ketones (excluding diaryl/α,β-unsaturated/α-hetero) is 1. The van der Waals surface area contributed by atoms with Crippen LogP contribution in [0, 0.1) is 12.3 Å². The summed E-state index contributed by atoms with van der Waals surface area (Å²) in [5, 5.41) is 0. The maximum Gasteiger partial charge on any atom is 0.210 e. The average Bonchev–Trinajstić information content (AvgIpc) is 2.57. The Morgan fingerprint density at radius 3 is 2.21 bits per heavy atom. The van der Waals surface area contributed by atoms with Crippen molar-refractivity contribution in [1.82, 2.24) is 4.90 Å². The van der Waals surface area contributed by atoms with Crippen molar-refractivity contribution in [2.75, 3.05) is 13.6 Å². The van der Waals surface area contributed by atoms with Gasteiger partial charge in [-0.3, -0.25) is 4.79 Å². The minimum Gasteiger partial charge on any atom is -0.380 e. The average molecular weight is 406 g/mol. The van der Waals surface area contributed by atoms with Crippen LogP contribution < -0.4 is 0 Å². The first kappa shape index (κ1) is 24.2. The molecule has 0 fully saturated rings. The van der Waals surface area contributed by atoms with Crippen molar-refractivity contribution in [3.05, 3.63) is 53.1 Å². The standard InChI is InChI=1S/C23H35NO3S/c1-19-12-14-21(15-13-19)28(26,27)22(20(2)25)11-10-18-24(6)17-9-7-8-16-23(3,4)5/h10-15,18H,7-9,16-17H2,1-6H3/b18-10+,22-11+. The number of benzene rings is 1. The van der Waals surface area contributed by atoms with Gasteiger partial charge in [0.25, 0.3) is 0 Å². The summed E-state index contributed by atoms with van der Waals surface area (Å²) in [4.78, 5) is 13.9. The summed E-state index contributed by atoms with van der Waals surface area (Å²) in [6, 6.07) is 6.53. The molecule has 0 saturated carbocycles. The van der Waals surface area contributed by atoms with Crippen molar-refractivity contribution in [3.8, 4) is 0 Å². The highest BCUT2D eigenvalue weighted by Crippen LogP contribution is 2.22. The van der Waals surface area contributed by atoms with E-state index >= 15 is 0 Å². The highest BCUT2D eigenvalue weighted by molar-refractivity contribution is 7.96. The van der Waals surface area contributed by atoms with Crippen molar-refractivity contribution < 1.29 is 13.2 Å². The molecular formula is C23H35NO3S. The number of aryl methyl sites for hydroxylation is 1. The lowest BCUT2D eigenvalue weighted by molar-refractivity contribution is -0.113. The Kier molecular flexibility index (Phi) is 9.15. The van der Waals surface area contributed by atoms with Crippen molar-refractivity contribution in [1.29, 1.82) is 0 Å². The third-order valence-corrected chi connectivity index (χ3v) is 6.39. The number of unbranched alkanes of at least 4 members (excludes halogenated alkanes) is 2. The van der Waals surface area contributed by atoms with Gasteiger partial charge in [0.1, 0.15) is 4.91 Å². The first-order valence-electron chi connectivity index (χ1n) is 9.85. The van der Waals surface area contributed by atoms with Gasteiger partial charge in [-0.25, -0.2) is 8.42 Å². The number of sulfone groups is 1. The Bertz CT molecular complexity index is 797. The van der Waals surface area contributed by atoms with Gasteiger partial charge in [0, 0.05) is 13.6 Å². The molecule has 0 aromatic heterocycles. The largest absolute Gasteiger partial charge is 0.380 e. The molecule has 4 nitrogen and oxygen atoms in total. The van der Waals surface area contributed by atoms with E-state index in [1.54, 1.807) is 18.2 Å². The molecule has 0 saturated heterocycles. The molecule has 0 amide bonds. The molecule has 0 unspecified atom stereocenters. The predicted molar refractivity (Wildman–Crippen MR) is 117 cm³/mol. The summed E-state index contributed by atoms with van der Waals surface area (Å²) in [5.74, 6) is -0.463. The predicted octanol–water partition coefficient (Wildman–Crippen LogP) is 5.29. The lowest BCUT2D eigenvalue weighted by Crippen LogP contribution is -2.13. The smallest absolute Gasteiger partial charge is 0.210 e. The second-order valence-electron chi connectivity index (χ2n) is 8.60. The molecule has 0 spiro atoms. The summed E-state index contributed by atoms with van der Waals surface area (Å²) < 4.78 is 25.5. The fourth-order valence-electron chi connectivity index (χ4n) is 2.79. The summed E-state index contributed by atoms with van der Waals surface area (Å²) in [6.45, 7) is 10.8. The van der Waals surface area contributed by atoms with Crippen LogP contribution in [0.2, 0.25) is 0 Å². The van der Waals surface area contributed by atoms with Crippen LogP contribution in [-0.2, 0) is 14.6 Å². The van der Waals surface area contributed by atoms with Crippen molar-refractivity contribution in [3.63, 3.8) is 0 Å². The monoisotopic (exact) mass is 405 g/mol. The van der Waals surface area contributed by atoms with Gasteiger partial charge in [0.05, 0.1) is 4.90 Å². The van der Waals surface area contributed by atoms with Crippen molar-refractivity contribution >= 4 is 15.6 Å². The van der Waals surface area contributed by atoms with Crippen LogP contribution in [0.15, 0.2) is 52.4 Å². The second-order valence-corrected chi connectivity index (χ2v) is 10.5. The molecule has 5 heteroatoms. The van der Waals surface area contributed by atoms with Crippen LogP contribution in [-0.4, -0.2) is 32.7 Å². The number of hydrogen-bond donors (Lipinski definition) is 0. The summed E-state index contributed by atoms with van der Waals surface area (Å²) in [6.07, 6.45) is 9.54. The third-order valence-electron chi connectivity index (χ3n) is 4.49. The molecule has 0 aliphatic rings. The van der Waals surface area contributed by atoms with E-state index in [2.05, 4.69) is 20.8 Å². The van der Waals surface area contributed by atoms with Gasteiger partial charge in [-0.1, -0.05) is 51.3 Å². The third kappa shape index (κ3) is 8.42. The Balaban J connectivity index is 2.71. The number of hydrogen-bond acceptors (Lipinski definition) is 4. The van der Waals surface area contributed by atoms with Crippen molar-refractivity contribution in [2.45, 2.75) is 65.2 Å². The minimum absolute atomic E-state index is 0.139. The quantitative estimate of drug-likeness (QED) is 0.301. The minimum atomic E-state index is -3.81. The fourth-order valence-corrected chi connectivity index (χ4v) is 4.17. The van der Waals surface area contributed by atoms with E-state index in [0.717, 1.165) is 18.5 Å². The summed E-state index contributed by atoms with van der Waals surface area (Å²) in [7, 11) is -1.86. The first-order chi connectivity index (χ1) is 12.9. The maximum atomic E-state index is 12.7. The molecule has 1 aromatic carbocycles. The van der Waals surface area contributed by atoms with E-state index in [0.29, 0.717) is 5.41 Å². The Morgan fingerprint density at radius 1 is 1.07 bits per heavy atom. The van der Waals surface area contributed by atoms with Crippen LogP contribution in [0.5, 0.6) is 0 Å². The maximum absolute atomic E-state index is 12.7. The molecule has 0 radical (unpaired) electrons. The van der Waals surface area contributed by atoms with Gasteiger partial charge in [-0.2, -0.15) is 0 Å². The molecule has 0 heterocycles. The van der Waals surface area contributed by atoms with Gasteiger partial charge >= 0.3 is 0 Å². The lowest BCUT2D eigenvalue weighted by atomic mass is 9.89. The van der Waals surface area contributed by atoms with Crippen LogP contribution >= 0.6 is 0 Å². The van der Waals surface area contributed by atoms with Crippen LogP contribution in [0.4, 0.5) is 0 Å². The van der Waals surface area contributed by atoms with E-state index in [-0.39, 0.29) is 9.80 Å². The summed E-state index contributed by atoms with van der Waals surface area (Å²) >= 11 is 0. The van der Waals surface area contributed by atoms with Gasteiger partial charge in [-0.15, -0.1) is 0 Å². The van der Waals surface area contributed by atoms with Gasteiger partial charge in [-0.05, 0) is 62.6 Å². The van der Waals surface area contributed by atoms with E-state index in [9.17, 15) is 13.2 Å². The Morgan fingerprint density at radius 2 is 1.68 bits per heavy atom. The number of rotatable bonds is 10. The van der Waals surface area contributed by atoms with Crippen LogP contribution in [0.3, 0.4) is 0 Å². The highest BCUT2D eigenvalue weighted by atomic mass is 32.2. The van der Waals surface area contributed by atoms with E-state index < -0.39 is 15.6 Å². The molecule has 0 N–H and O–H groups in total. The zero-order valence-electron chi connectivity index (χ0n) is 18.2. The van der Waals surface area contributed by atoms with Crippen molar-refractivity contribution in [2.24, 2.45) is 5.41 Å². The van der Waals surface area contributed by atoms with E-state index in [4.69, 9.17) is 0 Å². The SMILES string of the molecule is CC(=O)/C(=C\C=C\N(C)CCCCCC(C)(C)C)S(=O)(=O)c1ccc(C)cc1. The van der Waals surface area contributed by atoms with Gasteiger partial charge in [0.15, 0.2) is 5.78 Å². The van der Waals surface area contributed by atoms with Crippen LogP contribution in [0.1, 0.15) is 58.9 Å². The lowest BCUT2D eigenvalue weighted by Gasteiger charge is -2.18. The first-order valence-corrected chi connectivity index (χ1v) is 11.3. The Hall–Kier alpha value is -1.88. The molecule has 0 aliphatic carbocycles. The number of carbonyl (C=O) groups excluding carboxylic acids is 1. The molecular weight excluding hydrogens is 370 g/mol. The normalized spacial score (nSPS) is 13.1. The fraction of sp³-hybridized carbons (Fsp3) is 0.522. The molecule has 0 bridgehead atoms. The zero-order chi connectivity index (χ0) is 21.4. The second kappa shape index (κ2) is 10.6. The molecule has 28 heavy (non-hydrogen) atoms. The van der Waals surface area contributed by atoms with Gasteiger partial charge in [0.2, 0.25) is 9.84 Å². The number of nitrogens with zero attached hydrogens (tertiary/aromatic N) is 1. The van der Waals surface area contributed by atoms with E-state index in [1.165, 1.54) is 44.4 Å². The topological polar surface area (TPSA) is 54.5 Å². The molecule has 0 aliphatic heterocycles. The molecule has 1 rings (SSSR count). The molecule has 0 atom stereocenters. The number of allylic oxidation sites excluding steroid dienone is 3. The number of carbonyl (C=O) groups is 1. The molecule has 156 valence electrons. The molecule has 1 aromatic rings. The zero-order valence-corrected chi connectivity index (χ0v) is 19.0. The van der Waals surface area contributed by atoms with Gasteiger partial charge < -0.3 is 4.90 Å². The van der Waals surface area contributed by atoms with E-state index in [1.807, 2.05) is 25.1 Å². The number of ketones is 1. The Labute approximate surface area is 171 Å². The highest BCUT2D eigenvalue weighted by Gasteiger charge is 2.23.